The predicted octanol–water partition coefficient (Wildman–Crippen LogP) is 8.03. The lowest BCUT2D eigenvalue weighted by Gasteiger charge is -2.40. The van der Waals surface area contributed by atoms with Crippen LogP contribution in [0.15, 0.2) is 48.6 Å². The van der Waals surface area contributed by atoms with Crippen LogP contribution in [0.2, 0.25) is 0 Å². The molecule has 0 aliphatic carbocycles. The molecule has 56 heavy (non-hydrogen) atoms. The molecule has 7 N–H and O–H groups in total. The number of nitrogens with one attached hydrogen (secondary N) is 1. The Morgan fingerprint density at radius 2 is 1.05 bits per heavy atom. The van der Waals surface area contributed by atoms with Crippen LogP contribution in [-0.2, 0) is 14.3 Å². The molecule has 1 fully saturated rings. The molecule has 0 aromatic rings. The highest BCUT2D eigenvalue weighted by molar-refractivity contribution is 5.80. The second-order valence-corrected chi connectivity index (χ2v) is 15.6. The summed E-state index contributed by atoms with van der Waals surface area (Å²) < 4.78 is 11.1. The Morgan fingerprint density at radius 1 is 0.607 bits per heavy atom. The van der Waals surface area contributed by atoms with E-state index in [2.05, 4.69) is 55.6 Å². The van der Waals surface area contributed by atoms with Crippen molar-refractivity contribution in [2.45, 2.75) is 223 Å². The van der Waals surface area contributed by atoms with Crippen molar-refractivity contribution in [2.24, 2.45) is 0 Å². The molecule has 0 bridgehead atoms. The maximum absolute atomic E-state index is 13.0. The van der Waals surface area contributed by atoms with E-state index in [0.29, 0.717) is 12.8 Å². The molecule has 1 rings (SSSR count). The van der Waals surface area contributed by atoms with Gasteiger partial charge < -0.3 is 45.4 Å². The minimum atomic E-state index is -1.62. The third-order valence-corrected chi connectivity index (χ3v) is 10.5. The van der Waals surface area contributed by atoms with Crippen molar-refractivity contribution in [1.29, 1.82) is 0 Å². The quantitative estimate of drug-likeness (QED) is 0.0245. The second-order valence-electron chi connectivity index (χ2n) is 15.6. The molecule has 0 radical (unpaired) electrons. The molecule has 8 atom stereocenters. The van der Waals surface area contributed by atoms with Gasteiger partial charge in [0.25, 0.3) is 0 Å². The van der Waals surface area contributed by atoms with Gasteiger partial charge in [0.05, 0.1) is 25.4 Å². The fraction of sp³-hybridized carbons (Fsp3) is 0.804. The Balaban J connectivity index is 2.50. The minimum absolute atomic E-state index is 0.285. The van der Waals surface area contributed by atoms with Crippen molar-refractivity contribution in [1.82, 2.24) is 5.32 Å². The molecule has 1 heterocycles. The van der Waals surface area contributed by atoms with Gasteiger partial charge in [-0.05, 0) is 70.6 Å². The van der Waals surface area contributed by atoms with Gasteiger partial charge in [0.15, 0.2) is 6.29 Å². The molecular weight excluding hydrogens is 711 g/mol. The first-order chi connectivity index (χ1) is 27.3. The van der Waals surface area contributed by atoms with E-state index in [1.165, 1.54) is 83.5 Å². The third-order valence-electron chi connectivity index (χ3n) is 10.5. The number of carbonyl (C=O) groups is 1. The van der Waals surface area contributed by atoms with Gasteiger partial charge in [0.2, 0.25) is 5.91 Å². The van der Waals surface area contributed by atoms with Crippen LogP contribution in [-0.4, -0.2) is 98.7 Å². The smallest absolute Gasteiger partial charge is 0.249 e. The van der Waals surface area contributed by atoms with Gasteiger partial charge in [0, 0.05) is 0 Å². The van der Waals surface area contributed by atoms with E-state index in [-0.39, 0.29) is 13.0 Å². The average molecular weight is 794 g/mol. The van der Waals surface area contributed by atoms with E-state index < -0.39 is 61.5 Å². The van der Waals surface area contributed by atoms with Crippen LogP contribution in [0.4, 0.5) is 0 Å². The fourth-order valence-corrected chi connectivity index (χ4v) is 6.72. The summed E-state index contributed by atoms with van der Waals surface area (Å²) in [5.74, 6) is -0.642. The SMILES string of the molecule is CCCCCCCC/C=C/CC/C=C/CC/C=C/C(O)C(COC1OC(CO)C(O)C(O)C1O)NC(=O)C(O)CCCCCC/C=C\CCCCCCCCC. The molecule has 1 aliphatic rings. The molecule has 1 saturated heterocycles. The van der Waals surface area contributed by atoms with Gasteiger partial charge >= 0.3 is 0 Å². The van der Waals surface area contributed by atoms with E-state index in [1.54, 1.807) is 6.08 Å². The Morgan fingerprint density at radius 3 is 1.55 bits per heavy atom. The monoisotopic (exact) mass is 794 g/mol. The zero-order valence-electron chi connectivity index (χ0n) is 35.2. The second kappa shape index (κ2) is 36.2. The van der Waals surface area contributed by atoms with E-state index >= 15 is 0 Å². The van der Waals surface area contributed by atoms with Gasteiger partial charge in [-0.3, -0.25) is 4.79 Å². The van der Waals surface area contributed by atoms with Crippen molar-refractivity contribution < 1.29 is 44.9 Å². The van der Waals surface area contributed by atoms with Gasteiger partial charge in [-0.2, -0.15) is 0 Å². The number of carbonyl (C=O) groups excluding carboxylic acids is 1. The Bertz CT molecular complexity index is 1030. The summed E-state index contributed by atoms with van der Waals surface area (Å²) in [6, 6.07) is -1.01. The van der Waals surface area contributed by atoms with Crippen LogP contribution < -0.4 is 5.32 Å². The molecule has 1 amide bonds. The van der Waals surface area contributed by atoms with Crippen molar-refractivity contribution in [3.05, 3.63) is 48.6 Å². The highest BCUT2D eigenvalue weighted by Gasteiger charge is 2.44. The van der Waals surface area contributed by atoms with Crippen molar-refractivity contribution in [2.75, 3.05) is 13.2 Å². The molecular formula is C46H83NO9. The highest BCUT2D eigenvalue weighted by Crippen LogP contribution is 2.22. The van der Waals surface area contributed by atoms with Crippen LogP contribution in [0.3, 0.4) is 0 Å². The summed E-state index contributed by atoms with van der Waals surface area (Å²) in [5, 5.41) is 64.5. The van der Waals surface area contributed by atoms with Crippen LogP contribution in [0.25, 0.3) is 0 Å². The first-order valence-corrected chi connectivity index (χ1v) is 22.5. The molecule has 326 valence electrons. The lowest BCUT2D eigenvalue weighted by atomic mass is 9.99. The number of rotatable bonds is 36. The zero-order chi connectivity index (χ0) is 41.1. The van der Waals surface area contributed by atoms with Gasteiger partial charge in [-0.1, -0.05) is 152 Å². The largest absolute Gasteiger partial charge is 0.394 e. The number of hydrogen-bond donors (Lipinski definition) is 7. The van der Waals surface area contributed by atoms with E-state index in [9.17, 15) is 35.4 Å². The fourth-order valence-electron chi connectivity index (χ4n) is 6.72. The summed E-state index contributed by atoms with van der Waals surface area (Å²) in [7, 11) is 0. The van der Waals surface area contributed by atoms with Crippen LogP contribution in [0.1, 0.15) is 174 Å². The number of ether oxygens (including phenoxy) is 2. The third kappa shape index (κ3) is 26.2. The van der Waals surface area contributed by atoms with Crippen LogP contribution in [0, 0.1) is 0 Å². The molecule has 0 saturated carbocycles. The van der Waals surface area contributed by atoms with E-state index in [0.717, 1.165) is 57.8 Å². The highest BCUT2D eigenvalue weighted by atomic mass is 16.7. The molecule has 8 unspecified atom stereocenters. The number of hydrogen-bond acceptors (Lipinski definition) is 9. The molecule has 1 aliphatic heterocycles. The molecule has 10 nitrogen and oxygen atoms in total. The summed E-state index contributed by atoms with van der Waals surface area (Å²) >= 11 is 0. The number of aliphatic hydroxyl groups is 6. The normalized spacial score (nSPS) is 22.2. The van der Waals surface area contributed by atoms with Gasteiger partial charge in [-0.25, -0.2) is 0 Å². The number of allylic oxidation sites excluding steroid dienone is 7. The standard InChI is InChI=1S/C46H83NO9/c1-3-5-7-9-11-13-15-17-19-21-22-24-26-28-30-32-34-39(49)38(37-55-46-44(53)43(52)42(51)41(36-48)56-46)47-45(54)40(50)35-33-31-29-27-25-23-20-18-16-14-12-10-8-6-4-2/h17,19-20,23-24,26,32,34,38-44,46,48-53H,3-16,18,21-22,25,27-31,33,35-37H2,1-2H3,(H,47,54)/b19-17+,23-20-,26-24+,34-32+. The molecule has 0 aromatic carbocycles. The van der Waals surface area contributed by atoms with E-state index in [4.69, 9.17) is 9.47 Å². The maximum Gasteiger partial charge on any atom is 0.249 e. The first kappa shape index (κ1) is 52.1. The summed E-state index contributed by atoms with van der Waals surface area (Å²) in [6.07, 6.45) is 34.8. The lowest BCUT2D eigenvalue weighted by Crippen LogP contribution is -2.60. The van der Waals surface area contributed by atoms with Crippen molar-refractivity contribution in [3.63, 3.8) is 0 Å². The molecule has 0 spiro atoms. The summed E-state index contributed by atoms with van der Waals surface area (Å²) in [5.41, 5.74) is 0. The minimum Gasteiger partial charge on any atom is -0.394 e. The predicted molar refractivity (Wildman–Crippen MR) is 227 cm³/mol. The Hall–Kier alpha value is -1.89. The van der Waals surface area contributed by atoms with Crippen molar-refractivity contribution in [3.8, 4) is 0 Å². The number of amides is 1. The summed E-state index contributed by atoms with van der Waals surface area (Å²) in [6.45, 7) is 3.55. The Labute approximate surface area is 340 Å². The summed E-state index contributed by atoms with van der Waals surface area (Å²) in [4.78, 5) is 13.0. The van der Waals surface area contributed by atoms with Gasteiger partial charge in [0.1, 0.15) is 30.5 Å². The number of unbranched alkanes of at least 4 members (excludes halogenated alkanes) is 19. The number of aliphatic hydroxyl groups excluding tert-OH is 6. The lowest BCUT2D eigenvalue weighted by molar-refractivity contribution is -0.302. The van der Waals surface area contributed by atoms with E-state index in [1.807, 2.05) is 6.08 Å². The molecule has 0 aromatic heterocycles. The van der Waals surface area contributed by atoms with Crippen LogP contribution >= 0.6 is 0 Å². The molecule has 10 heteroatoms. The first-order valence-electron chi connectivity index (χ1n) is 22.5. The van der Waals surface area contributed by atoms with Crippen molar-refractivity contribution >= 4 is 5.91 Å². The zero-order valence-corrected chi connectivity index (χ0v) is 35.2. The van der Waals surface area contributed by atoms with Crippen LogP contribution in [0.5, 0.6) is 0 Å². The van der Waals surface area contributed by atoms with Gasteiger partial charge in [-0.15, -0.1) is 0 Å². The topological polar surface area (TPSA) is 169 Å². The Kier molecular flexibility index (Phi) is 33.7. The maximum atomic E-state index is 13.0. The average Bonchev–Trinajstić information content (AvgIpc) is 3.20.